The molecule has 1 aliphatic rings. The predicted molar refractivity (Wildman–Crippen MR) is 71.5 cm³/mol. The Kier molecular flexibility index (Phi) is 6.22. The van der Waals surface area contributed by atoms with E-state index in [0.717, 1.165) is 19.3 Å². The molecule has 1 saturated carbocycles. The lowest BCUT2D eigenvalue weighted by Gasteiger charge is -2.36. The Balaban J connectivity index is 2.68. The smallest absolute Gasteiger partial charge is 0.305 e. The normalized spacial score (nSPS) is 19.2. The van der Waals surface area contributed by atoms with Crippen molar-refractivity contribution in [1.82, 2.24) is 4.72 Å². The lowest BCUT2D eigenvalue weighted by molar-refractivity contribution is -0.138. The van der Waals surface area contributed by atoms with E-state index in [9.17, 15) is 13.2 Å². The molecule has 0 aromatic rings. The van der Waals surface area contributed by atoms with Gasteiger partial charge in [-0.2, -0.15) is 0 Å². The largest absolute Gasteiger partial charge is 0.481 e. The van der Waals surface area contributed by atoms with Crippen LogP contribution in [0.2, 0.25) is 0 Å². The summed E-state index contributed by atoms with van der Waals surface area (Å²) in [5.74, 6) is -0.983. The summed E-state index contributed by atoms with van der Waals surface area (Å²) in [5.41, 5.74) is -0.796. The van der Waals surface area contributed by atoms with Gasteiger partial charge in [0.2, 0.25) is 10.0 Å². The number of hydrogen-bond donors (Lipinski definition) is 2. The highest BCUT2D eigenvalue weighted by molar-refractivity contribution is 7.89. The SMILES string of the molecule is COCCCS(=O)(=O)NC1(CC(=O)O)CCCCC1. The van der Waals surface area contributed by atoms with Gasteiger partial charge < -0.3 is 9.84 Å². The van der Waals surface area contributed by atoms with Gasteiger partial charge in [0.25, 0.3) is 0 Å². The Morgan fingerprint density at radius 2 is 1.95 bits per heavy atom. The molecule has 0 aromatic carbocycles. The van der Waals surface area contributed by atoms with Crippen molar-refractivity contribution in [2.75, 3.05) is 19.5 Å². The summed E-state index contributed by atoms with van der Waals surface area (Å²) < 4.78 is 31.5. The molecule has 112 valence electrons. The number of carboxylic acid groups (broad SMARTS) is 1. The van der Waals surface area contributed by atoms with Gasteiger partial charge in [-0.25, -0.2) is 13.1 Å². The maximum Gasteiger partial charge on any atom is 0.305 e. The zero-order valence-electron chi connectivity index (χ0n) is 11.4. The monoisotopic (exact) mass is 293 g/mol. The second-order valence-corrected chi connectivity index (χ2v) is 7.02. The number of carboxylic acids is 1. The molecule has 1 fully saturated rings. The fraction of sp³-hybridized carbons (Fsp3) is 0.917. The van der Waals surface area contributed by atoms with Crippen LogP contribution in [0, 0.1) is 0 Å². The summed E-state index contributed by atoms with van der Waals surface area (Å²) in [5, 5.41) is 8.99. The van der Waals surface area contributed by atoms with Gasteiger partial charge in [-0.3, -0.25) is 4.79 Å². The summed E-state index contributed by atoms with van der Waals surface area (Å²) in [6.45, 7) is 0.382. The first-order chi connectivity index (χ1) is 8.89. The van der Waals surface area contributed by atoms with Gasteiger partial charge in [0.05, 0.1) is 12.2 Å². The van der Waals surface area contributed by atoms with Crippen LogP contribution in [0.25, 0.3) is 0 Å². The minimum atomic E-state index is -3.45. The third kappa shape index (κ3) is 5.88. The quantitative estimate of drug-likeness (QED) is 0.654. The molecule has 0 heterocycles. The van der Waals surface area contributed by atoms with Crippen molar-refractivity contribution in [3.05, 3.63) is 0 Å². The van der Waals surface area contributed by atoms with Gasteiger partial charge in [-0.1, -0.05) is 19.3 Å². The standard InChI is InChI=1S/C12H23NO5S/c1-18-8-5-9-19(16,17)13-12(10-11(14)15)6-3-2-4-7-12/h13H,2-10H2,1H3,(H,14,15). The number of ether oxygens (including phenoxy) is 1. The number of sulfonamides is 1. The molecule has 19 heavy (non-hydrogen) atoms. The second kappa shape index (κ2) is 7.21. The van der Waals surface area contributed by atoms with E-state index in [2.05, 4.69) is 4.72 Å². The first kappa shape index (κ1) is 16.4. The molecule has 0 saturated heterocycles. The molecule has 0 spiro atoms. The van der Waals surface area contributed by atoms with Crippen LogP contribution in [0.3, 0.4) is 0 Å². The van der Waals surface area contributed by atoms with E-state index < -0.39 is 21.5 Å². The molecular formula is C12H23NO5S. The van der Waals surface area contributed by atoms with Crippen LogP contribution in [0.15, 0.2) is 0 Å². The first-order valence-electron chi connectivity index (χ1n) is 6.62. The van der Waals surface area contributed by atoms with Crippen molar-refractivity contribution >= 4 is 16.0 Å². The van der Waals surface area contributed by atoms with Crippen LogP contribution in [0.4, 0.5) is 0 Å². The van der Waals surface area contributed by atoms with Crippen molar-refractivity contribution in [3.63, 3.8) is 0 Å². The summed E-state index contributed by atoms with van der Waals surface area (Å²) in [6, 6.07) is 0. The fourth-order valence-corrected chi connectivity index (χ4v) is 4.14. The zero-order valence-corrected chi connectivity index (χ0v) is 12.2. The van der Waals surface area contributed by atoms with Crippen LogP contribution >= 0.6 is 0 Å². The number of methoxy groups -OCH3 is 1. The van der Waals surface area contributed by atoms with E-state index in [4.69, 9.17) is 9.84 Å². The lowest BCUT2D eigenvalue weighted by Crippen LogP contribution is -2.51. The topological polar surface area (TPSA) is 92.7 Å². The Labute approximate surface area is 114 Å². The Morgan fingerprint density at radius 3 is 2.47 bits per heavy atom. The summed E-state index contributed by atoms with van der Waals surface area (Å²) in [6.07, 6.45) is 4.24. The Hall–Kier alpha value is -0.660. The van der Waals surface area contributed by atoms with Crippen molar-refractivity contribution in [1.29, 1.82) is 0 Å². The molecule has 7 heteroatoms. The third-order valence-electron chi connectivity index (χ3n) is 3.43. The number of hydrogen-bond acceptors (Lipinski definition) is 4. The first-order valence-corrected chi connectivity index (χ1v) is 8.27. The van der Waals surface area contributed by atoms with Crippen LogP contribution in [0.1, 0.15) is 44.9 Å². The summed E-state index contributed by atoms with van der Waals surface area (Å²) in [7, 11) is -1.93. The number of carbonyl (C=O) groups is 1. The molecule has 0 unspecified atom stereocenters. The van der Waals surface area contributed by atoms with Gasteiger partial charge in [0.15, 0.2) is 0 Å². The molecule has 0 aliphatic heterocycles. The van der Waals surface area contributed by atoms with E-state index in [1.165, 1.54) is 7.11 Å². The van der Waals surface area contributed by atoms with Crippen LogP contribution < -0.4 is 4.72 Å². The van der Waals surface area contributed by atoms with E-state index in [-0.39, 0.29) is 12.2 Å². The van der Waals surface area contributed by atoms with Crippen LogP contribution in [-0.4, -0.2) is 44.5 Å². The minimum Gasteiger partial charge on any atom is -0.481 e. The average molecular weight is 293 g/mol. The highest BCUT2D eigenvalue weighted by atomic mass is 32.2. The van der Waals surface area contributed by atoms with Gasteiger partial charge >= 0.3 is 5.97 Å². The number of aliphatic carboxylic acids is 1. The van der Waals surface area contributed by atoms with Gasteiger partial charge in [0.1, 0.15) is 0 Å². The van der Waals surface area contributed by atoms with Crippen LogP contribution in [0.5, 0.6) is 0 Å². The van der Waals surface area contributed by atoms with E-state index in [1.807, 2.05) is 0 Å². The zero-order chi connectivity index (χ0) is 14.4. The van der Waals surface area contributed by atoms with Crippen molar-refractivity contribution in [3.8, 4) is 0 Å². The number of rotatable bonds is 8. The summed E-state index contributed by atoms with van der Waals surface area (Å²) in [4.78, 5) is 11.0. The lowest BCUT2D eigenvalue weighted by atomic mass is 9.80. The highest BCUT2D eigenvalue weighted by Crippen LogP contribution is 2.31. The van der Waals surface area contributed by atoms with Gasteiger partial charge in [0, 0.05) is 19.3 Å². The molecule has 0 aromatic heterocycles. The van der Waals surface area contributed by atoms with Crippen molar-refractivity contribution < 1.29 is 23.1 Å². The molecule has 1 rings (SSSR count). The molecular weight excluding hydrogens is 270 g/mol. The maximum absolute atomic E-state index is 12.0. The van der Waals surface area contributed by atoms with Crippen molar-refractivity contribution in [2.24, 2.45) is 0 Å². The highest BCUT2D eigenvalue weighted by Gasteiger charge is 2.37. The molecule has 6 nitrogen and oxygen atoms in total. The summed E-state index contributed by atoms with van der Waals surface area (Å²) >= 11 is 0. The average Bonchev–Trinajstić information content (AvgIpc) is 2.28. The molecule has 0 bridgehead atoms. The number of nitrogens with one attached hydrogen (secondary N) is 1. The Bertz CT molecular complexity index is 387. The molecule has 0 amide bonds. The molecule has 1 aliphatic carbocycles. The van der Waals surface area contributed by atoms with Crippen molar-refractivity contribution in [2.45, 2.75) is 50.5 Å². The van der Waals surface area contributed by atoms with E-state index in [0.29, 0.717) is 25.9 Å². The fourth-order valence-electron chi connectivity index (χ4n) is 2.61. The van der Waals surface area contributed by atoms with E-state index >= 15 is 0 Å². The minimum absolute atomic E-state index is 0.0256. The maximum atomic E-state index is 12.0. The van der Waals surface area contributed by atoms with Gasteiger partial charge in [-0.05, 0) is 19.3 Å². The van der Waals surface area contributed by atoms with Gasteiger partial charge in [-0.15, -0.1) is 0 Å². The molecule has 0 radical (unpaired) electrons. The predicted octanol–water partition coefficient (Wildman–Crippen LogP) is 1.12. The Morgan fingerprint density at radius 1 is 1.32 bits per heavy atom. The second-order valence-electron chi connectivity index (χ2n) is 5.18. The van der Waals surface area contributed by atoms with Crippen LogP contribution in [-0.2, 0) is 19.6 Å². The third-order valence-corrected chi connectivity index (χ3v) is 5.00. The molecule has 0 atom stereocenters. The van der Waals surface area contributed by atoms with E-state index in [1.54, 1.807) is 0 Å². The molecule has 2 N–H and O–H groups in total.